The van der Waals surface area contributed by atoms with Gasteiger partial charge in [-0.1, -0.05) is 30.3 Å². The number of rotatable bonds is 5. The topological polar surface area (TPSA) is 53.1 Å². The third kappa shape index (κ3) is 5.76. The van der Waals surface area contributed by atoms with Gasteiger partial charge in [0.1, 0.15) is 0 Å². The van der Waals surface area contributed by atoms with E-state index in [1.165, 1.54) is 11.8 Å². The highest BCUT2D eigenvalue weighted by atomic mass is 32.2. The molecule has 1 atom stereocenters. The summed E-state index contributed by atoms with van der Waals surface area (Å²) in [4.78, 5) is 4.80. The van der Waals surface area contributed by atoms with E-state index in [2.05, 4.69) is 34.1 Å². The van der Waals surface area contributed by atoms with Crippen LogP contribution in [0.3, 0.4) is 0 Å². The average Bonchev–Trinajstić information content (AvgIpc) is 2.80. The van der Waals surface area contributed by atoms with Gasteiger partial charge in [0.2, 0.25) is 10.0 Å². The van der Waals surface area contributed by atoms with Crippen LogP contribution in [0.4, 0.5) is 0 Å². The molecule has 3 rings (SSSR count). The number of hydrogen-bond acceptors (Lipinski definition) is 5. The van der Waals surface area contributed by atoms with Crippen LogP contribution in [0.5, 0.6) is 0 Å². The van der Waals surface area contributed by atoms with Crippen molar-refractivity contribution in [3.63, 3.8) is 0 Å². The van der Waals surface area contributed by atoms with Crippen molar-refractivity contribution in [1.29, 1.82) is 0 Å². The Morgan fingerprint density at radius 3 is 2.44 bits per heavy atom. The van der Waals surface area contributed by atoms with E-state index in [0.29, 0.717) is 13.1 Å². The molecule has 7 heteroatoms. The fourth-order valence-electron chi connectivity index (χ4n) is 3.60. The number of sulfonamides is 1. The highest BCUT2D eigenvalue weighted by Gasteiger charge is 2.26. The largest absolute Gasteiger partial charge is 0.376 e. The summed E-state index contributed by atoms with van der Waals surface area (Å²) in [6.45, 7) is 7.37. The van der Waals surface area contributed by atoms with E-state index in [1.807, 2.05) is 6.07 Å². The summed E-state index contributed by atoms with van der Waals surface area (Å²) in [5.74, 6) is 0. The Morgan fingerprint density at radius 2 is 1.76 bits per heavy atom. The van der Waals surface area contributed by atoms with Gasteiger partial charge in [-0.15, -0.1) is 0 Å². The molecule has 0 amide bonds. The molecule has 0 aromatic heterocycles. The summed E-state index contributed by atoms with van der Waals surface area (Å²) in [6.07, 6.45) is 2.54. The number of piperazine rings is 1. The van der Waals surface area contributed by atoms with Crippen LogP contribution in [0.2, 0.25) is 0 Å². The van der Waals surface area contributed by atoms with Gasteiger partial charge in [-0.05, 0) is 12.0 Å². The molecule has 2 fully saturated rings. The van der Waals surface area contributed by atoms with Crippen molar-refractivity contribution in [2.45, 2.75) is 19.1 Å². The van der Waals surface area contributed by atoms with Crippen LogP contribution in [0.15, 0.2) is 30.3 Å². The maximum Gasteiger partial charge on any atom is 0.211 e. The molecule has 140 valence electrons. The summed E-state index contributed by atoms with van der Waals surface area (Å²) >= 11 is 0. The van der Waals surface area contributed by atoms with Crippen LogP contribution in [0.25, 0.3) is 0 Å². The quantitative estimate of drug-likeness (QED) is 0.772. The van der Waals surface area contributed by atoms with Crippen molar-refractivity contribution in [2.75, 3.05) is 58.7 Å². The van der Waals surface area contributed by atoms with Crippen LogP contribution < -0.4 is 0 Å². The first-order valence-corrected chi connectivity index (χ1v) is 10.9. The maximum absolute atomic E-state index is 11.6. The zero-order chi connectivity index (χ0) is 17.7. The Hall–Kier alpha value is -0.990. The molecule has 2 saturated heterocycles. The van der Waals surface area contributed by atoms with Gasteiger partial charge in [0.25, 0.3) is 0 Å². The second-order valence-electron chi connectivity index (χ2n) is 7.03. The van der Waals surface area contributed by atoms with Crippen LogP contribution in [-0.4, -0.2) is 87.3 Å². The zero-order valence-electron chi connectivity index (χ0n) is 15.0. The first-order chi connectivity index (χ1) is 12.0. The second-order valence-corrected chi connectivity index (χ2v) is 9.01. The lowest BCUT2D eigenvalue weighted by Gasteiger charge is -2.35. The Labute approximate surface area is 151 Å². The van der Waals surface area contributed by atoms with Crippen molar-refractivity contribution in [3.05, 3.63) is 35.9 Å². The molecule has 2 aliphatic heterocycles. The van der Waals surface area contributed by atoms with E-state index in [0.717, 1.165) is 52.3 Å². The molecule has 0 N–H and O–H groups in total. The van der Waals surface area contributed by atoms with Gasteiger partial charge >= 0.3 is 0 Å². The van der Waals surface area contributed by atoms with E-state index in [4.69, 9.17) is 4.74 Å². The van der Waals surface area contributed by atoms with Gasteiger partial charge in [-0.3, -0.25) is 9.80 Å². The normalized spacial score (nSPS) is 24.9. The van der Waals surface area contributed by atoms with Crippen LogP contribution in [0, 0.1) is 0 Å². The first-order valence-electron chi connectivity index (χ1n) is 9.06. The lowest BCUT2D eigenvalue weighted by atomic mass is 10.2. The number of benzene rings is 1. The Kier molecular flexibility index (Phi) is 6.46. The van der Waals surface area contributed by atoms with Crippen molar-refractivity contribution in [2.24, 2.45) is 0 Å². The Morgan fingerprint density at radius 1 is 1.04 bits per heavy atom. The van der Waals surface area contributed by atoms with E-state index in [1.54, 1.807) is 4.31 Å². The first kappa shape index (κ1) is 18.8. The van der Waals surface area contributed by atoms with Crippen LogP contribution in [-0.2, 0) is 21.3 Å². The highest BCUT2D eigenvalue weighted by Crippen LogP contribution is 2.13. The van der Waals surface area contributed by atoms with Gasteiger partial charge in [0, 0.05) is 59.0 Å². The summed E-state index contributed by atoms with van der Waals surface area (Å²) < 4.78 is 30.9. The molecule has 25 heavy (non-hydrogen) atoms. The molecule has 0 bridgehead atoms. The van der Waals surface area contributed by atoms with E-state index >= 15 is 0 Å². The minimum absolute atomic E-state index is 0.191. The fourth-order valence-corrected chi connectivity index (χ4v) is 4.42. The molecule has 6 nitrogen and oxygen atoms in total. The zero-order valence-corrected chi connectivity index (χ0v) is 15.8. The van der Waals surface area contributed by atoms with E-state index < -0.39 is 10.0 Å². The van der Waals surface area contributed by atoms with Gasteiger partial charge in [-0.2, -0.15) is 4.31 Å². The van der Waals surface area contributed by atoms with Crippen molar-refractivity contribution in [3.8, 4) is 0 Å². The third-order valence-corrected chi connectivity index (χ3v) is 6.25. The van der Waals surface area contributed by atoms with Gasteiger partial charge < -0.3 is 4.74 Å². The number of hydrogen-bond donors (Lipinski definition) is 0. The summed E-state index contributed by atoms with van der Waals surface area (Å²) in [7, 11) is -3.06. The molecular weight excluding hydrogens is 338 g/mol. The SMILES string of the molecule is CS(=O)(=O)N1CCN(CC2CN(Cc3ccccc3)CCCO2)CC1. The number of nitrogens with zero attached hydrogens (tertiary/aromatic N) is 3. The van der Waals surface area contributed by atoms with Crippen molar-refractivity contribution < 1.29 is 13.2 Å². The average molecular weight is 368 g/mol. The van der Waals surface area contributed by atoms with Crippen LogP contribution in [0.1, 0.15) is 12.0 Å². The van der Waals surface area contributed by atoms with E-state index in [9.17, 15) is 8.42 Å². The molecule has 0 aliphatic carbocycles. The molecule has 0 saturated carbocycles. The second kappa shape index (κ2) is 8.60. The smallest absolute Gasteiger partial charge is 0.211 e. The fraction of sp³-hybridized carbons (Fsp3) is 0.667. The Balaban J connectivity index is 1.50. The summed E-state index contributed by atoms with van der Waals surface area (Å²) in [5.41, 5.74) is 1.34. The van der Waals surface area contributed by atoms with Crippen molar-refractivity contribution >= 4 is 10.0 Å². The molecule has 2 aliphatic rings. The predicted octanol–water partition coefficient (Wildman–Crippen LogP) is 0.855. The maximum atomic E-state index is 11.6. The molecular formula is C18H29N3O3S. The van der Waals surface area contributed by atoms with Gasteiger partial charge in [0.05, 0.1) is 12.4 Å². The predicted molar refractivity (Wildman–Crippen MR) is 98.9 cm³/mol. The molecule has 2 heterocycles. The van der Waals surface area contributed by atoms with Crippen molar-refractivity contribution in [1.82, 2.24) is 14.1 Å². The molecule has 0 spiro atoms. The molecule has 1 aromatic carbocycles. The number of ether oxygens (including phenoxy) is 1. The third-order valence-electron chi connectivity index (χ3n) is 4.95. The molecule has 0 radical (unpaired) electrons. The van der Waals surface area contributed by atoms with Gasteiger partial charge in [0.15, 0.2) is 0 Å². The monoisotopic (exact) mass is 367 g/mol. The minimum Gasteiger partial charge on any atom is -0.376 e. The lowest BCUT2D eigenvalue weighted by Crippen LogP contribution is -2.51. The Bertz CT molecular complexity index is 630. The van der Waals surface area contributed by atoms with Crippen LogP contribution >= 0.6 is 0 Å². The molecule has 1 unspecified atom stereocenters. The standard InChI is InChI=1S/C18H29N3O3S/c1-25(22,23)21-11-9-19(10-12-21)15-18-16-20(8-5-13-24-18)14-17-6-3-2-4-7-17/h2-4,6-7,18H,5,8-16H2,1H3. The highest BCUT2D eigenvalue weighted by molar-refractivity contribution is 7.88. The molecule has 1 aromatic rings. The summed E-state index contributed by atoms with van der Waals surface area (Å²) in [5, 5.41) is 0. The van der Waals surface area contributed by atoms with Gasteiger partial charge in [-0.25, -0.2) is 8.42 Å². The minimum atomic E-state index is -3.06. The summed E-state index contributed by atoms with van der Waals surface area (Å²) in [6, 6.07) is 10.6. The lowest BCUT2D eigenvalue weighted by molar-refractivity contribution is 0.0191. The van der Waals surface area contributed by atoms with E-state index in [-0.39, 0.29) is 6.10 Å².